The van der Waals surface area contributed by atoms with Gasteiger partial charge in [-0.1, -0.05) is 20.3 Å². The minimum atomic E-state index is 0.297. The van der Waals surface area contributed by atoms with Crippen LogP contribution in [0.15, 0.2) is 12.4 Å². The molecule has 0 fully saturated rings. The van der Waals surface area contributed by atoms with Gasteiger partial charge in [0.15, 0.2) is 0 Å². The summed E-state index contributed by atoms with van der Waals surface area (Å²) in [5.74, 6) is 0. The van der Waals surface area contributed by atoms with Gasteiger partial charge in [-0.2, -0.15) is 5.10 Å². The van der Waals surface area contributed by atoms with E-state index in [1.807, 2.05) is 17.9 Å². The van der Waals surface area contributed by atoms with Gasteiger partial charge in [-0.15, -0.1) is 0 Å². The Hall–Kier alpha value is -0.870. The summed E-state index contributed by atoms with van der Waals surface area (Å²) >= 11 is 0. The van der Waals surface area contributed by atoms with Gasteiger partial charge in [-0.05, 0) is 23.8 Å². The van der Waals surface area contributed by atoms with E-state index in [0.717, 1.165) is 26.1 Å². The van der Waals surface area contributed by atoms with E-state index in [-0.39, 0.29) is 0 Å². The topological polar surface area (TPSA) is 39.1 Å². The van der Waals surface area contributed by atoms with Crippen LogP contribution in [-0.2, 0) is 18.2 Å². The van der Waals surface area contributed by atoms with Crippen molar-refractivity contribution in [1.29, 1.82) is 0 Å². The first-order chi connectivity index (χ1) is 8.59. The zero-order valence-electron chi connectivity index (χ0n) is 12.2. The van der Waals surface area contributed by atoms with E-state index in [2.05, 4.69) is 30.5 Å². The average Bonchev–Trinajstić information content (AvgIpc) is 2.70. The molecule has 1 aromatic rings. The van der Waals surface area contributed by atoms with Crippen LogP contribution in [0.2, 0.25) is 0 Å². The number of nitrogens with one attached hydrogen (secondary N) is 1. The molecule has 1 N–H and O–H groups in total. The van der Waals surface area contributed by atoms with Crippen LogP contribution in [0.4, 0.5) is 0 Å². The number of aromatic nitrogens is 2. The van der Waals surface area contributed by atoms with Crippen LogP contribution in [0.3, 0.4) is 0 Å². The van der Waals surface area contributed by atoms with Crippen LogP contribution in [0, 0.1) is 5.41 Å². The standard InChI is InChI=1S/C14H27N3O/c1-5-6-14(2,12-15-7-8-18-4)9-13-10-16-17(3)11-13/h10-11,15H,5-9,12H2,1-4H3. The third-order valence-corrected chi connectivity index (χ3v) is 3.28. The molecule has 4 heteroatoms. The lowest BCUT2D eigenvalue weighted by molar-refractivity contribution is 0.190. The first-order valence-corrected chi connectivity index (χ1v) is 6.77. The fraction of sp³-hybridized carbons (Fsp3) is 0.786. The molecule has 0 aliphatic rings. The first-order valence-electron chi connectivity index (χ1n) is 6.77. The number of hydrogen-bond acceptors (Lipinski definition) is 3. The highest BCUT2D eigenvalue weighted by Gasteiger charge is 2.23. The fourth-order valence-electron chi connectivity index (χ4n) is 2.46. The Labute approximate surface area is 111 Å². The molecule has 1 rings (SSSR count). The van der Waals surface area contributed by atoms with Crippen molar-refractivity contribution in [3.05, 3.63) is 18.0 Å². The van der Waals surface area contributed by atoms with Gasteiger partial charge in [0.1, 0.15) is 0 Å². The molecule has 0 saturated carbocycles. The molecule has 1 unspecified atom stereocenters. The maximum Gasteiger partial charge on any atom is 0.0587 e. The third-order valence-electron chi connectivity index (χ3n) is 3.28. The average molecular weight is 253 g/mol. The number of aryl methyl sites for hydroxylation is 1. The number of ether oxygens (including phenoxy) is 1. The Kier molecular flexibility index (Phi) is 6.36. The molecular weight excluding hydrogens is 226 g/mol. The summed E-state index contributed by atoms with van der Waals surface area (Å²) in [6.07, 6.45) is 7.60. The van der Waals surface area contributed by atoms with Gasteiger partial charge in [0.05, 0.1) is 12.8 Å². The molecule has 0 aromatic carbocycles. The van der Waals surface area contributed by atoms with E-state index in [4.69, 9.17) is 4.74 Å². The summed E-state index contributed by atoms with van der Waals surface area (Å²) in [7, 11) is 3.71. The second kappa shape index (κ2) is 7.54. The summed E-state index contributed by atoms with van der Waals surface area (Å²) in [4.78, 5) is 0. The van der Waals surface area contributed by atoms with Gasteiger partial charge in [-0.25, -0.2) is 0 Å². The minimum Gasteiger partial charge on any atom is -0.383 e. The molecule has 0 bridgehead atoms. The van der Waals surface area contributed by atoms with E-state index >= 15 is 0 Å². The normalized spacial score (nSPS) is 14.7. The van der Waals surface area contributed by atoms with Crippen molar-refractivity contribution in [3.63, 3.8) is 0 Å². The lowest BCUT2D eigenvalue weighted by atomic mass is 9.80. The lowest BCUT2D eigenvalue weighted by Gasteiger charge is -2.29. The molecule has 1 heterocycles. The SMILES string of the molecule is CCCC(C)(CNCCOC)Cc1cnn(C)c1. The molecule has 0 spiro atoms. The highest BCUT2D eigenvalue weighted by atomic mass is 16.5. The minimum absolute atomic E-state index is 0.297. The maximum atomic E-state index is 5.06. The molecule has 0 amide bonds. The van der Waals surface area contributed by atoms with E-state index in [1.54, 1.807) is 7.11 Å². The van der Waals surface area contributed by atoms with Crippen LogP contribution in [-0.4, -0.2) is 36.6 Å². The van der Waals surface area contributed by atoms with Crippen LogP contribution >= 0.6 is 0 Å². The quantitative estimate of drug-likeness (QED) is 0.684. The Morgan fingerprint density at radius 3 is 2.83 bits per heavy atom. The van der Waals surface area contributed by atoms with Crippen LogP contribution in [0.25, 0.3) is 0 Å². The van der Waals surface area contributed by atoms with Gasteiger partial charge >= 0.3 is 0 Å². The molecule has 0 aliphatic carbocycles. The van der Waals surface area contributed by atoms with Crippen molar-refractivity contribution in [2.75, 3.05) is 26.8 Å². The predicted octanol–water partition coefficient (Wildman–Crippen LogP) is 2.00. The molecule has 4 nitrogen and oxygen atoms in total. The monoisotopic (exact) mass is 253 g/mol. The second-order valence-corrected chi connectivity index (χ2v) is 5.43. The van der Waals surface area contributed by atoms with E-state index < -0.39 is 0 Å². The van der Waals surface area contributed by atoms with Crippen molar-refractivity contribution in [2.45, 2.75) is 33.1 Å². The number of rotatable bonds is 9. The summed E-state index contributed by atoms with van der Waals surface area (Å²) in [6, 6.07) is 0. The Bertz CT molecular complexity index is 338. The summed E-state index contributed by atoms with van der Waals surface area (Å²) in [5.41, 5.74) is 1.62. The predicted molar refractivity (Wildman–Crippen MR) is 74.7 cm³/mol. The van der Waals surface area contributed by atoms with Crippen LogP contribution in [0.1, 0.15) is 32.3 Å². The zero-order chi connectivity index (χ0) is 13.4. The van der Waals surface area contributed by atoms with Crippen molar-refractivity contribution in [3.8, 4) is 0 Å². The number of methoxy groups -OCH3 is 1. The molecule has 104 valence electrons. The second-order valence-electron chi connectivity index (χ2n) is 5.43. The zero-order valence-corrected chi connectivity index (χ0v) is 12.2. The number of hydrogen-bond donors (Lipinski definition) is 1. The molecule has 1 aromatic heterocycles. The summed E-state index contributed by atoms with van der Waals surface area (Å²) in [5, 5.41) is 7.73. The Balaban J connectivity index is 2.50. The third kappa shape index (κ3) is 5.19. The summed E-state index contributed by atoms with van der Waals surface area (Å²) < 4.78 is 6.94. The maximum absolute atomic E-state index is 5.06. The van der Waals surface area contributed by atoms with E-state index in [1.165, 1.54) is 18.4 Å². The largest absolute Gasteiger partial charge is 0.383 e. The van der Waals surface area contributed by atoms with Gasteiger partial charge in [0, 0.05) is 33.4 Å². The van der Waals surface area contributed by atoms with Gasteiger partial charge in [-0.3, -0.25) is 4.68 Å². The molecule has 0 aliphatic heterocycles. The highest BCUT2D eigenvalue weighted by Crippen LogP contribution is 2.27. The molecular formula is C14H27N3O. The fourth-order valence-corrected chi connectivity index (χ4v) is 2.46. The van der Waals surface area contributed by atoms with Gasteiger partial charge in [0.2, 0.25) is 0 Å². The molecule has 18 heavy (non-hydrogen) atoms. The van der Waals surface area contributed by atoms with Crippen molar-refractivity contribution in [2.24, 2.45) is 12.5 Å². The van der Waals surface area contributed by atoms with Crippen LogP contribution in [0.5, 0.6) is 0 Å². The van der Waals surface area contributed by atoms with Gasteiger partial charge in [0.25, 0.3) is 0 Å². The Morgan fingerprint density at radius 1 is 1.50 bits per heavy atom. The van der Waals surface area contributed by atoms with E-state index in [9.17, 15) is 0 Å². The summed E-state index contributed by atoms with van der Waals surface area (Å²) in [6.45, 7) is 7.32. The molecule has 1 atom stereocenters. The van der Waals surface area contributed by atoms with E-state index in [0.29, 0.717) is 5.41 Å². The first kappa shape index (κ1) is 15.2. The Morgan fingerprint density at radius 2 is 2.28 bits per heavy atom. The highest BCUT2D eigenvalue weighted by molar-refractivity contribution is 5.07. The smallest absolute Gasteiger partial charge is 0.0587 e. The lowest BCUT2D eigenvalue weighted by Crippen LogP contribution is -2.35. The number of nitrogens with zero attached hydrogens (tertiary/aromatic N) is 2. The molecule has 0 radical (unpaired) electrons. The van der Waals surface area contributed by atoms with Crippen molar-refractivity contribution >= 4 is 0 Å². The van der Waals surface area contributed by atoms with Crippen molar-refractivity contribution < 1.29 is 4.74 Å². The van der Waals surface area contributed by atoms with Crippen molar-refractivity contribution in [1.82, 2.24) is 15.1 Å². The van der Waals surface area contributed by atoms with Crippen LogP contribution < -0.4 is 5.32 Å². The molecule has 0 saturated heterocycles. The van der Waals surface area contributed by atoms with Gasteiger partial charge < -0.3 is 10.1 Å².